The molecule has 2 unspecified atom stereocenters. The van der Waals surface area contributed by atoms with Crippen molar-refractivity contribution in [1.82, 2.24) is 5.32 Å². The number of carbonyl (C=O) groups excluding carboxylic acids is 2. The van der Waals surface area contributed by atoms with Gasteiger partial charge in [-0.25, -0.2) is 0 Å². The molecule has 0 aliphatic carbocycles. The second-order valence-corrected chi connectivity index (χ2v) is 20.7. The number of ether oxygens (including phenoxy) is 1. The molecule has 67 heavy (non-hydrogen) atoms. The number of esters is 1. The molecule has 0 heterocycles. The van der Waals surface area contributed by atoms with Crippen LogP contribution in [-0.2, 0) is 14.3 Å². The first-order valence-electron chi connectivity index (χ1n) is 30.1. The smallest absolute Gasteiger partial charge is 0.305 e. The van der Waals surface area contributed by atoms with Gasteiger partial charge in [0.25, 0.3) is 0 Å². The number of rotatable bonds is 56. The molecule has 0 aromatic carbocycles. The summed E-state index contributed by atoms with van der Waals surface area (Å²) in [6.07, 6.45) is 69.2. The monoisotopic (exact) mass is 944 g/mol. The minimum absolute atomic E-state index is 0.00365. The van der Waals surface area contributed by atoms with Gasteiger partial charge < -0.3 is 20.3 Å². The lowest BCUT2D eigenvalue weighted by molar-refractivity contribution is -0.143. The van der Waals surface area contributed by atoms with Gasteiger partial charge in [-0.2, -0.15) is 0 Å². The Kier molecular flexibility index (Phi) is 55.5. The lowest BCUT2D eigenvalue weighted by atomic mass is 10.0. The predicted molar refractivity (Wildman–Crippen MR) is 292 cm³/mol. The van der Waals surface area contributed by atoms with E-state index < -0.39 is 12.1 Å². The van der Waals surface area contributed by atoms with Crippen molar-refractivity contribution in [1.29, 1.82) is 0 Å². The van der Waals surface area contributed by atoms with Gasteiger partial charge in [-0.05, 0) is 57.8 Å². The second kappa shape index (κ2) is 56.9. The SMILES string of the molecule is CCCCCCCC/C=C\CCCCCCCC(=O)OCCCCCCCCCCCCCCCCCCCCCCCC(=O)NC(CO)C(O)/C=C/CCCCCCCCCCCCCC. The number of unbranched alkanes of at least 4 members (excludes halogenated alkanes) is 43. The van der Waals surface area contributed by atoms with Crippen molar-refractivity contribution in [3.8, 4) is 0 Å². The summed E-state index contributed by atoms with van der Waals surface area (Å²) in [5.74, 6) is -0.0643. The summed E-state index contributed by atoms with van der Waals surface area (Å²) < 4.78 is 5.48. The molecule has 0 saturated heterocycles. The van der Waals surface area contributed by atoms with E-state index in [1.807, 2.05) is 6.08 Å². The van der Waals surface area contributed by atoms with Crippen LogP contribution >= 0.6 is 0 Å². The molecule has 0 saturated carbocycles. The number of aliphatic hydroxyl groups is 2. The first-order valence-corrected chi connectivity index (χ1v) is 30.1. The molecule has 0 aromatic rings. The highest BCUT2D eigenvalue weighted by molar-refractivity contribution is 5.76. The summed E-state index contributed by atoms with van der Waals surface area (Å²) in [5, 5.41) is 23.1. The van der Waals surface area contributed by atoms with Crippen molar-refractivity contribution < 1.29 is 24.5 Å². The number of carbonyl (C=O) groups is 2. The molecule has 1 amide bonds. The van der Waals surface area contributed by atoms with Crippen LogP contribution < -0.4 is 5.32 Å². The van der Waals surface area contributed by atoms with E-state index in [4.69, 9.17) is 4.74 Å². The van der Waals surface area contributed by atoms with Gasteiger partial charge in [0.2, 0.25) is 5.91 Å². The molecule has 0 aromatic heterocycles. The van der Waals surface area contributed by atoms with Crippen LogP contribution in [0.15, 0.2) is 24.3 Å². The fourth-order valence-corrected chi connectivity index (χ4v) is 9.34. The van der Waals surface area contributed by atoms with Gasteiger partial charge in [0.05, 0.1) is 25.4 Å². The van der Waals surface area contributed by atoms with E-state index in [-0.39, 0.29) is 18.5 Å². The van der Waals surface area contributed by atoms with Crippen molar-refractivity contribution >= 4 is 11.9 Å². The maximum Gasteiger partial charge on any atom is 0.305 e. The third-order valence-corrected chi connectivity index (χ3v) is 14.0. The Hall–Kier alpha value is -1.66. The van der Waals surface area contributed by atoms with Gasteiger partial charge in [-0.3, -0.25) is 9.59 Å². The highest BCUT2D eigenvalue weighted by Crippen LogP contribution is 2.17. The van der Waals surface area contributed by atoms with Gasteiger partial charge in [0.1, 0.15) is 0 Å². The Bertz CT molecular complexity index is 1040. The van der Waals surface area contributed by atoms with Crippen LogP contribution in [0.1, 0.15) is 328 Å². The summed E-state index contributed by atoms with van der Waals surface area (Å²) in [4.78, 5) is 24.5. The number of hydrogen-bond donors (Lipinski definition) is 3. The van der Waals surface area contributed by atoms with Gasteiger partial charge in [0, 0.05) is 12.8 Å². The van der Waals surface area contributed by atoms with Crippen LogP contribution in [0.3, 0.4) is 0 Å². The topological polar surface area (TPSA) is 95.9 Å². The maximum absolute atomic E-state index is 12.5. The van der Waals surface area contributed by atoms with Crippen LogP contribution in [0.2, 0.25) is 0 Å². The van der Waals surface area contributed by atoms with Crippen molar-refractivity contribution in [2.45, 2.75) is 341 Å². The molecule has 6 heteroatoms. The zero-order chi connectivity index (χ0) is 48.6. The lowest BCUT2D eigenvalue weighted by Gasteiger charge is -2.20. The molecule has 0 fully saturated rings. The van der Waals surface area contributed by atoms with Gasteiger partial charge >= 0.3 is 5.97 Å². The minimum Gasteiger partial charge on any atom is -0.466 e. The van der Waals surface area contributed by atoms with Gasteiger partial charge in [-0.15, -0.1) is 0 Å². The predicted octanol–water partition coefficient (Wildman–Crippen LogP) is 18.6. The molecule has 3 N–H and O–H groups in total. The molecule has 0 spiro atoms. The Morgan fingerprint density at radius 1 is 0.403 bits per heavy atom. The molecular formula is C61H117NO5. The molecule has 0 aliphatic rings. The molecule has 0 radical (unpaired) electrons. The van der Waals surface area contributed by atoms with E-state index in [2.05, 4.69) is 31.3 Å². The highest BCUT2D eigenvalue weighted by atomic mass is 16.5. The maximum atomic E-state index is 12.5. The van der Waals surface area contributed by atoms with E-state index in [0.717, 1.165) is 44.9 Å². The van der Waals surface area contributed by atoms with E-state index in [1.165, 1.54) is 257 Å². The quantitative estimate of drug-likeness (QED) is 0.0321. The lowest BCUT2D eigenvalue weighted by Crippen LogP contribution is -2.45. The van der Waals surface area contributed by atoms with Crippen LogP contribution in [0.4, 0.5) is 0 Å². The average molecular weight is 945 g/mol. The van der Waals surface area contributed by atoms with E-state index in [0.29, 0.717) is 19.4 Å². The summed E-state index contributed by atoms with van der Waals surface area (Å²) in [7, 11) is 0. The summed E-state index contributed by atoms with van der Waals surface area (Å²) in [6.45, 7) is 4.90. The number of amides is 1. The molecule has 0 rings (SSSR count). The Balaban J connectivity index is 3.40. The third-order valence-electron chi connectivity index (χ3n) is 14.0. The zero-order valence-electron chi connectivity index (χ0n) is 45.1. The van der Waals surface area contributed by atoms with Crippen molar-refractivity contribution in [2.75, 3.05) is 13.2 Å². The Labute approximate surface area is 418 Å². The van der Waals surface area contributed by atoms with E-state index >= 15 is 0 Å². The molecule has 6 nitrogen and oxygen atoms in total. The second-order valence-electron chi connectivity index (χ2n) is 20.7. The van der Waals surface area contributed by atoms with Crippen molar-refractivity contribution in [3.05, 3.63) is 24.3 Å². The normalized spacial score (nSPS) is 12.7. The molecule has 396 valence electrons. The summed E-state index contributed by atoms with van der Waals surface area (Å²) >= 11 is 0. The van der Waals surface area contributed by atoms with Crippen LogP contribution in [-0.4, -0.2) is 47.4 Å². The van der Waals surface area contributed by atoms with E-state index in [1.54, 1.807) is 6.08 Å². The van der Waals surface area contributed by atoms with Gasteiger partial charge in [0.15, 0.2) is 0 Å². The highest BCUT2D eigenvalue weighted by Gasteiger charge is 2.18. The number of aliphatic hydroxyl groups excluding tert-OH is 2. The standard InChI is InChI=1S/C61H117NO5/c1-3-5-7-9-11-13-15-17-26-31-35-39-43-47-51-55-61(66)67-56-52-48-44-40-36-32-28-25-23-21-19-20-22-24-27-30-34-38-42-46-50-54-60(65)62-58(57-63)59(64)53-49-45-41-37-33-29-18-16-14-12-10-8-6-4-2/h17,26,49,53,58-59,63-64H,3-16,18-25,27-48,50-52,54-57H2,1-2H3,(H,62,65)/b26-17-,53-49+. The fourth-order valence-electron chi connectivity index (χ4n) is 9.34. The zero-order valence-corrected chi connectivity index (χ0v) is 45.1. The first kappa shape index (κ1) is 65.3. The number of allylic oxidation sites excluding steroid dienone is 3. The summed E-state index contributed by atoms with van der Waals surface area (Å²) in [5.41, 5.74) is 0. The largest absolute Gasteiger partial charge is 0.466 e. The fraction of sp³-hybridized carbons (Fsp3) is 0.902. The third kappa shape index (κ3) is 53.5. The molecule has 2 atom stereocenters. The summed E-state index contributed by atoms with van der Waals surface area (Å²) in [6, 6.07) is -0.628. The first-order chi connectivity index (χ1) is 33.0. The molecule has 0 aliphatic heterocycles. The van der Waals surface area contributed by atoms with E-state index in [9.17, 15) is 19.8 Å². The molecular weight excluding hydrogens is 827 g/mol. The molecule has 0 bridgehead atoms. The number of nitrogens with one attached hydrogen (secondary N) is 1. The average Bonchev–Trinajstić information content (AvgIpc) is 3.33. The van der Waals surface area contributed by atoms with Crippen LogP contribution in [0.5, 0.6) is 0 Å². The van der Waals surface area contributed by atoms with Crippen LogP contribution in [0.25, 0.3) is 0 Å². The van der Waals surface area contributed by atoms with Gasteiger partial charge in [-0.1, -0.05) is 282 Å². The van der Waals surface area contributed by atoms with Crippen molar-refractivity contribution in [3.63, 3.8) is 0 Å². The number of hydrogen-bond acceptors (Lipinski definition) is 5. The van der Waals surface area contributed by atoms with Crippen molar-refractivity contribution in [2.24, 2.45) is 0 Å². The Morgan fingerprint density at radius 2 is 0.701 bits per heavy atom. The van der Waals surface area contributed by atoms with Crippen LogP contribution in [0, 0.1) is 0 Å². The minimum atomic E-state index is -0.844. The Morgan fingerprint density at radius 3 is 1.06 bits per heavy atom.